The molecule has 1 aliphatic carbocycles. The molecule has 1 unspecified atom stereocenters. The standard InChI is InChI=1S/C14H18N2/c1-9-4-3-5-11-12-8-10(15-2)6-7-13(12)16-14(9)11/h3-5,10,15-16H,6-8H2,1-2H3. The van der Waals surface area contributed by atoms with Gasteiger partial charge in [0, 0.05) is 22.6 Å². The largest absolute Gasteiger partial charge is 0.358 e. The van der Waals surface area contributed by atoms with E-state index in [4.69, 9.17) is 0 Å². The number of nitrogens with one attached hydrogen (secondary N) is 2. The first-order chi connectivity index (χ1) is 7.79. The van der Waals surface area contributed by atoms with E-state index in [1.54, 1.807) is 0 Å². The van der Waals surface area contributed by atoms with Crippen LogP contribution in [-0.2, 0) is 12.8 Å². The highest BCUT2D eigenvalue weighted by Crippen LogP contribution is 2.30. The van der Waals surface area contributed by atoms with E-state index in [1.165, 1.54) is 40.6 Å². The number of para-hydroxylation sites is 1. The van der Waals surface area contributed by atoms with Gasteiger partial charge in [-0.25, -0.2) is 0 Å². The zero-order chi connectivity index (χ0) is 11.1. The summed E-state index contributed by atoms with van der Waals surface area (Å²) in [7, 11) is 2.07. The van der Waals surface area contributed by atoms with Crippen LogP contribution in [0.2, 0.25) is 0 Å². The van der Waals surface area contributed by atoms with Crippen molar-refractivity contribution >= 4 is 10.9 Å². The third kappa shape index (κ3) is 1.37. The SMILES string of the molecule is CNC1CCc2[nH]c3c(C)cccc3c2C1. The Morgan fingerprint density at radius 3 is 3.06 bits per heavy atom. The lowest BCUT2D eigenvalue weighted by Gasteiger charge is -2.21. The summed E-state index contributed by atoms with van der Waals surface area (Å²) in [5, 5.41) is 4.83. The summed E-state index contributed by atoms with van der Waals surface area (Å²) >= 11 is 0. The highest BCUT2D eigenvalue weighted by Gasteiger charge is 2.21. The second-order valence-electron chi connectivity index (χ2n) is 4.81. The summed E-state index contributed by atoms with van der Waals surface area (Å²) in [6, 6.07) is 7.23. The van der Waals surface area contributed by atoms with Crippen LogP contribution in [0.1, 0.15) is 23.2 Å². The Balaban J connectivity index is 2.18. The van der Waals surface area contributed by atoms with Gasteiger partial charge < -0.3 is 10.3 Å². The van der Waals surface area contributed by atoms with Crippen LogP contribution in [0.15, 0.2) is 18.2 Å². The van der Waals surface area contributed by atoms with Gasteiger partial charge in [0.15, 0.2) is 0 Å². The van der Waals surface area contributed by atoms with Crippen LogP contribution in [-0.4, -0.2) is 18.1 Å². The lowest BCUT2D eigenvalue weighted by Crippen LogP contribution is -2.31. The molecule has 0 bridgehead atoms. The van der Waals surface area contributed by atoms with Gasteiger partial charge in [0.2, 0.25) is 0 Å². The number of aryl methyl sites for hydroxylation is 2. The van der Waals surface area contributed by atoms with Gasteiger partial charge in [-0.1, -0.05) is 18.2 Å². The number of fused-ring (bicyclic) bond motifs is 3. The molecule has 0 saturated carbocycles. The highest BCUT2D eigenvalue weighted by molar-refractivity contribution is 5.87. The average molecular weight is 214 g/mol. The quantitative estimate of drug-likeness (QED) is 0.750. The first-order valence-corrected chi connectivity index (χ1v) is 6.06. The summed E-state index contributed by atoms with van der Waals surface area (Å²) in [6.07, 6.45) is 3.58. The average Bonchev–Trinajstić information content (AvgIpc) is 2.68. The second-order valence-corrected chi connectivity index (χ2v) is 4.81. The maximum atomic E-state index is 3.60. The van der Waals surface area contributed by atoms with Crippen LogP contribution >= 0.6 is 0 Å². The fourth-order valence-corrected chi connectivity index (χ4v) is 2.83. The molecule has 2 heteroatoms. The molecule has 1 aromatic carbocycles. The van der Waals surface area contributed by atoms with E-state index < -0.39 is 0 Å². The number of rotatable bonds is 1. The van der Waals surface area contributed by atoms with Crippen molar-refractivity contribution in [2.24, 2.45) is 0 Å². The summed E-state index contributed by atoms with van der Waals surface area (Å²) in [5.41, 5.74) is 5.68. The zero-order valence-electron chi connectivity index (χ0n) is 9.93. The van der Waals surface area contributed by atoms with Crippen molar-refractivity contribution in [1.29, 1.82) is 0 Å². The second kappa shape index (κ2) is 3.63. The molecule has 0 fully saturated rings. The summed E-state index contributed by atoms with van der Waals surface area (Å²) in [4.78, 5) is 3.60. The molecule has 2 nitrogen and oxygen atoms in total. The van der Waals surface area contributed by atoms with E-state index in [0.29, 0.717) is 6.04 Å². The molecule has 1 heterocycles. The van der Waals surface area contributed by atoms with Gasteiger partial charge >= 0.3 is 0 Å². The first kappa shape index (κ1) is 9.91. The first-order valence-electron chi connectivity index (χ1n) is 6.06. The van der Waals surface area contributed by atoms with Crippen molar-refractivity contribution in [3.63, 3.8) is 0 Å². The molecule has 2 aromatic rings. The van der Waals surface area contributed by atoms with Gasteiger partial charge in [-0.05, 0) is 44.4 Å². The minimum Gasteiger partial charge on any atom is -0.358 e. The van der Waals surface area contributed by atoms with E-state index in [1.807, 2.05) is 0 Å². The minimum absolute atomic E-state index is 0.645. The number of aromatic amines is 1. The third-order valence-corrected chi connectivity index (χ3v) is 3.84. The third-order valence-electron chi connectivity index (χ3n) is 3.84. The van der Waals surface area contributed by atoms with Gasteiger partial charge in [0.25, 0.3) is 0 Å². The normalized spacial score (nSPS) is 20.0. The Labute approximate surface area is 96.1 Å². The molecule has 84 valence electrons. The molecular weight excluding hydrogens is 196 g/mol. The summed E-state index contributed by atoms with van der Waals surface area (Å²) < 4.78 is 0. The molecule has 0 spiro atoms. The molecule has 1 atom stereocenters. The molecule has 0 radical (unpaired) electrons. The van der Waals surface area contributed by atoms with Crippen molar-refractivity contribution in [2.45, 2.75) is 32.2 Å². The Kier molecular flexibility index (Phi) is 2.25. The molecule has 16 heavy (non-hydrogen) atoms. The van der Waals surface area contributed by atoms with E-state index in [9.17, 15) is 0 Å². The molecule has 0 saturated heterocycles. The molecular formula is C14H18N2. The summed E-state index contributed by atoms with van der Waals surface area (Å²) in [5.74, 6) is 0. The van der Waals surface area contributed by atoms with Gasteiger partial charge in [0.1, 0.15) is 0 Å². The smallest absolute Gasteiger partial charge is 0.0488 e. The van der Waals surface area contributed by atoms with Crippen molar-refractivity contribution in [1.82, 2.24) is 10.3 Å². The number of hydrogen-bond donors (Lipinski definition) is 2. The van der Waals surface area contributed by atoms with Gasteiger partial charge in [-0.15, -0.1) is 0 Å². The number of aromatic nitrogens is 1. The van der Waals surface area contributed by atoms with Crippen LogP contribution in [0.25, 0.3) is 10.9 Å². The molecule has 0 amide bonds. The maximum Gasteiger partial charge on any atom is 0.0488 e. The molecule has 0 aliphatic heterocycles. The monoisotopic (exact) mass is 214 g/mol. The Bertz CT molecular complexity index is 525. The fraction of sp³-hybridized carbons (Fsp3) is 0.429. The zero-order valence-corrected chi connectivity index (χ0v) is 9.93. The van der Waals surface area contributed by atoms with E-state index in [-0.39, 0.29) is 0 Å². The van der Waals surface area contributed by atoms with Crippen LogP contribution < -0.4 is 5.32 Å². The van der Waals surface area contributed by atoms with E-state index >= 15 is 0 Å². The van der Waals surface area contributed by atoms with Gasteiger partial charge in [-0.2, -0.15) is 0 Å². The van der Waals surface area contributed by atoms with E-state index in [2.05, 4.69) is 42.5 Å². The molecule has 1 aliphatic rings. The van der Waals surface area contributed by atoms with Crippen LogP contribution in [0, 0.1) is 6.92 Å². The maximum absolute atomic E-state index is 3.60. The number of H-pyrrole nitrogens is 1. The van der Waals surface area contributed by atoms with Crippen LogP contribution in [0.4, 0.5) is 0 Å². The van der Waals surface area contributed by atoms with Gasteiger partial charge in [-0.3, -0.25) is 0 Å². The highest BCUT2D eigenvalue weighted by atomic mass is 14.9. The Morgan fingerprint density at radius 1 is 1.38 bits per heavy atom. The van der Waals surface area contributed by atoms with Crippen LogP contribution in [0.3, 0.4) is 0 Å². The number of benzene rings is 1. The number of hydrogen-bond acceptors (Lipinski definition) is 1. The molecule has 1 aromatic heterocycles. The van der Waals surface area contributed by atoms with E-state index in [0.717, 1.165) is 6.42 Å². The predicted octanol–water partition coefficient (Wildman–Crippen LogP) is 2.55. The topological polar surface area (TPSA) is 27.8 Å². The van der Waals surface area contributed by atoms with Crippen LogP contribution in [0.5, 0.6) is 0 Å². The number of likely N-dealkylation sites (N-methyl/N-ethyl adjacent to an activating group) is 1. The minimum atomic E-state index is 0.645. The molecule has 3 rings (SSSR count). The van der Waals surface area contributed by atoms with Crippen molar-refractivity contribution in [3.8, 4) is 0 Å². The van der Waals surface area contributed by atoms with Crippen molar-refractivity contribution in [3.05, 3.63) is 35.0 Å². The van der Waals surface area contributed by atoms with Gasteiger partial charge in [0.05, 0.1) is 0 Å². The molecule has 2 N–H and O–H groups in total. The lowest BCUT2D eigenvalue weighted by atomic mass is 9.91. The Hall–Kier alpha value is -1.28. The summed E-state index contributed by atoms with van der Waals surface area (Å²) in [6.45, 7) is 2.18. The van der Waals surface area contributed by atoms with Crippen molar-refractivity contribution < 1.29 is 0 Å². The lowest BCUT2D eigenvalue weighted by molar-refractivity contribution is 0.495. The predicted molar refractivity (Wildman–Crippen MR) is 67.9 cm³/mol. The fourth-order valence-electron chi connectivity index (χ4n) is 2.83. The Morgan fingerprint density at radius 2 is 2.25 bits per heavy atom. The van der Waals surface area contributed by atoms with Crippen molar-refractivity contribution in [2.75, 3.05) is 7.05 Å².